The van der Waals surface area contributed by atoms with E-state index in [1.54, 1.807) is 0 Å². The van der Waals surface area contributed by atoms with Crippen LogP contribution >= 0.6 is 0 Å². The van der Waals surface area contributed by atoms with Gasteiger partial charge in [-0.05, 0) is 37.2 Å². The van der Waals surface area contributed by atoms with Crippen LogP contribution in [0.15, 0.2) is 24.3 Å². The van der Waals surface area contributed by atoms with Gasteiger partial charge in [0, 0.05) is 12.0 Å². The molecule has 0 atom stereocenters. The molecule has 4 nitrogen and oxygen atoms in total. The molecule has 2 aliphatic carbocycles. The molecule has 0 N–H and O–H groups in total. The van der Waals surface area contributed by atoms with Crippen LogP contribution in [0.4, 0.5) is 0 Å². The summed E-state index contributed by atoms with van der Waals surface area (Å²) >= 11 is 0. The topological polar surface area (TPSA) is 54.5 Å². The third kappa shape index (κ3) is 3.10. The highest BCUT2D eigenvalue weighted by atomic mass is 16.2. The smallest absolute Gasteiger partial charge is 0.236 e. The molecule has 1 aliphatic heterocycles. The second-order valence-corrected chi connectivity index (χ2v) is 8.33. The quantitative estimate of drug-likeness (QED) is 0.601. The second-order valence-electron chi connectivity index (χ2n) is 8.33. The maximum Gasteiger partial charge on any atom is 0.236 e. The molecule has 3 aliphatic rings. The van der Waals surface area contributed by atoms with Crippen molar-refractivity contribution < 1.29 is 14.4 Å². The van der Waals surface area contributed by atoms with Crippen molar-refractivity contribution in [1.82, 2.24) is 4.90 Å². The number of carbonyl (C=O) groups is 3. The Hall–Kier alpha value is -1.97. The Morgan fingerprint density at radius 1 is 0.962 bits per heavy atom. The molecular weight excluding hydrogens is 326 g/mol. The average Bonchev–Trinajstić information content (AvgIpc) is 3.23. The van der Waals surface area contributed by atoms with Crippen molar-refractivity contribution in [3.63, 3.8) is 0 Å². The van der Waals surface area contributed by atoms with Crippen molar-refractivity contribution in [1.29, 1.82) is 0 Å². The van der Waals surface area contributed by atoms with E-state index in [0.29, 0.717) is 17.9 Å². The van der Waals surface area contributed by atoms with Gasteiger partial charge in [0.1, 0.15) is 0 Å². The van der Waals surface area contributed by atoms with Gasteiger partial charge in [0.2, 0.25) is 11.8 Å². The van der Waals surface area contributed by atoms with Crippen LogP contribution in [0.1, 0.15) is 86.0 Å². The third-order valence-electron chi connectivity index (χ3n) is 6.66. The Bertz CT molecular complexity index is 709. The fraction of sp³-hybridized carbons (Fsp3) is 0.591. The van der Waals surface area contributed by atoms with Gasteiger partial charge in [-0.25, -0.2) is 0 Å². The van der Waals surface area contributed by atoms with Crippen LogP contribution in [0, 0.1) is 5.41 Å². The minimum atomic E-state index is -0.498. The number of hydrogen-bond donors (Lipinski definition) is 0. The van der Waals surface area contributed by atoms with Crippen molar-refractivity contribution in [2.45, 2.75) is 70.1 Å². The maximum atomic E-state index is 12.7. The molecule has 1 aromatic rings. The molecule has 26 heavy (non-hydrogen) atoms. The molecule has 4 heteroatoms. The zero-order chi connectivity index (χ0) is 18.1. The number of Topliss-reactive ketones (excluding diaryl/α,β-unsaturated/α-hetero) is 1. The Morgan fingerprint density at radius 2 is 1.62 bits per heavy atom. The number of ketones is 1. The van der Waals surface area contributed by atoms with E-state index in [0.717, 1.165) is 25.7 Å². The number of hydrogen-bond acceptors (Lipinski definition) is 3. The average molecular weight is 353 g/mol. The van der Waals surface area contributed by atoms with Crippen molar-refractivity contribution in [2.24, 2.45) is 5.41 Å². The first kappa shape index (κ1) is 17.4. The van der Waals surface area contributed by atoms with Gasteiger partial charge >= 0.3 is 0 Å². The number of nitrogens with zero attached hydrogens (tertiary/aromatic N) is 1. The number of rotatable bonds is 4. The fourth-order valence-corrected chi connectivity index (χ4v) is 5.07. The number of carbonyl (C=O) groups excluding carboxylic acids is 3. The van der Waals surface area contributed by atoms with E-state index in [-0.39, 0.29) is 24.1 Å². The summed E-state index contributed by atoms with van der Waals surface area (Å²) in [7, 11) is 0. The van der Waals surface area contributed by atoms with Crippen LogP contribution in [-0.2, 0) is 9.59 Å². The van der Waals surface area contributed by atoms with Crippen molar-refractivity contribution >= 4 is 17.6 Å². The van der Waals surface area contributed by atoms with Crippen molar-refractivity contribution in [2.75, 3.05) is 6.54 Å². The molecule has 1 spiro atoms. The molecule has 0 radical (unpaired) electrons. The number of likely N-dealkylation sites (tertiary alicyclic amines) is 1. The highest BCUT2D eigenvalue weighted by Crippen LogP contribution is 2.46. The normalized spacial score (nSPS) is 23.2. The highest BCUT2D eigenvalue weighted by Gasteiger charge is 2.52. The van der Waals surface area contributed by atoms with Crippen LogP contribution in [0.25, 0.3) is 0 Å². The molecule has 2 saturated carbocycles. The lowest BCUT2D eigenvalue weighted by atomic mass is 9.84. The molecule has 138 valence electrons. The summed E-state index contributed by atoms with van der Waals surface area (Å²) < 4.78 is 0. The van der Waals surface area contributed by atoms with Gasteiger partial charge in [-0.1, -0.05) is 56.4 Å². The van der Waals surface area contributed by atoms with E-state index >= 15 is 0 Å². The van der Waals surface area contributed by atoms with Gasteiger partial charge in [0.05, 0.1) is 12.0 Å². The zero-order valence-corrected chi connectivity index (χ0v) is 15.3. The maximum absolute atomic E-state index is 12.7. The second kappa shape index (κ2) is 6.98. The van der Waals surface area contributed by atoms with Gasteiger partial charge < -0.3 is 0 Å². The zero-order valence-electron chi connectivity index (χ0n) is 15.3. The summed E-state index contributed by atoms with van der Waals surface area (Å²) in [6, 6.07) is 7.83. The molecule has 1 aromatic carbocycles. The van der Waals surface area contributed by atoms with Crippen LogP contribution < -0.4 is 0 Å². The van der Waals surface area contributed by atoms with E-state index in [4.69, 9.17) is 0 Å². The number of imide groups is 1. The van der Waals surface area contributed by atoms with Gasteiger partial charge in [-0.3, -0.25) is 19.3 Å². The van der Waals surface area contributed by atoms with Crippen molar-refractivity contribution in [3.05, 3.63) is 35.4 Å². The van der Waals surface area contributed by atoms with Crippen molar-refractivity contribution in [3.8, 4) is 0 Å². The van der Waals surface area contributed by atoms with E-state index < -0.39 is 5.41 Å². The molecule has 0 bridgehead atoms. The van der Waals surface area contributed by atoms with Gasteiger partial charge in [-0.15, -0.1) is 0 Å². The van der Waals surface area contributed by atoms with E-state index in [9.17, 15) is 14.4 Å². The van der Waals surface area contributed by atoms with Crippen LogP contribution in [0.2, 0.25) is 0 Å². The summed E-state index contributed by atoms with van der Waals surface area (Å²) in [6.45, 7) is -0.109. The molecule has 0 unspecified atom stereocenters. The Balaban J connectivity index is 1.43. The first-order valence-electron chi connectivity index (χ1n) is 10.1. The Labute approximate surface area is 154 Å². The molecule has 4 rings (SSSR count). The minimum absolute atomic E-state index is 0.109. The predicted octanol–water partition coefficient (Wildman–Crippen LogP) is 4.24. The summed E-state index contributed by atoms with van der Waals surface area (Å²) in [5.74, 6) is 0.171. The lowest BCUT2D eigenvalue weighted by Crippen LogP contribution is -2.38. The highest BCUT2D eigenvalue weighted by molar-refractivity contribution is 6.10. The lowest BCUT2D eigenvalue weighted by Gasteiger charge is -2.22. The molecule has 1 heterocycles. The summed E-state index contributed by atoms with van der Waals surface area (Å²) in [6.07, 6.45) is 10.2. The van der Waals surface area contributed by atoms with Gasteiger partial charge in [-0.2, -0.15) is 0 Å². The molecule has 1 saturated heterocycles. The molecular formula is C22H27NO3. The first-order chi connectivity index (χ1) is 12.6. The SMILES string of the molecule is O=C(CN1C(=O)CC2(CCCC2)C1=O)c1ccc(C2CCCCC2)cc1. The van der Waals surface area contributed by atoms with Crippen LogP contribution in [0.5, 0.6) is 0 Å². The summed E-state index contributed by atoms with van der Waals surface area (Å²) in [5, 5.41) is 0. The van der Waals surface area contributed by atoms with E-state index in [2.05, 4.69) is 12.1 Å². The van der Waals surface area contributed by atoms with Gasteiger partial charge in [0.15, 0.2) is 5.78 Å². The number of amides is 2. The Kier molecular flexibility index (Phi) is 4.68. The largest absolute Gasteiger partial charge is 0.292 e. The summed E-state index contributed by atoms with van der Waals surface area (Å²) in [4.78, 5) is 38.9. The number of benzene rings is 1. The minimum Gasteiger partial charge on any atom is -0.292 e. The standard InChI is InChI=1S/C22H27NO3/c24-19(15-23-20(25)14-22(21(23)26)12-4-5-13-22)18-10-8-17(9-11-18)16-6-2-1-3-7-16/h8-11,16H,1-7,12-15H2. The van der Waals surface area contributed by atoms with Gasteiger partial charge in [0.25, 0.3) is 0 Å². The summed E-state index contributed by atoms with van der Waals surface area (Å²) in [5.41, 5.74) is 1.40. The monoisotopic (exact) mass is 353 g/mol. The molecule has 2 amide bonds. The first-order valence-corrected chi connectivity index (χ1v) is 10.1. The third-order valence-corrected chi connectivity index (χ3v) is 6.66. The van der Waals surface area contributed by atoms with E-state index in [1.807, 2.05) is 12.1 Å². The predicted molar refractivity (Wildman–Crippen MR) is 98.8 cm³/mol. The fourth-order valence-electron chi connectivity index (χ4n) is 5.07. The molecule has 3 fully saturated rings. The lowest BCUT2D eigenvalue weighted by molar-refractivity contribution is -0.140. The molecule has 0 aromatic heterocycles. The van der Waals surface area contributed by atoms with Crippen LogP contribution in [-0.4, -0.2) is 29.0 Å². The van der Waals surface area contributed by atoms with E-state index in [1.165, 1.54) is 42.6 Å². The Morgan fingerprint density at radius 3 is 2.27 bits per heavy atom. The van der Waals surface area contributed by atoms with Crippen LogP contribution in [0.3, 0.4) is 0 Å².